The Labute approximate surface area is 78.6 Å². The second-order valence-electron chi connectivity index (χ2n) is 3.22. The first kappa shape index (κ1) is 11.9. The van der Waals surface area contributed by atoms with Gasteiger partial charge in [-0.05, 0) is 19.8 Å². The molecule has 4 nitrogen and oxygen atoms in total. The topological polar surface area (TPSA) is 58.9 Å². The minimum absolute atomic E-state index is 0.0787. The van der Waals surface area contributed by atoms with Crippen LogP contribution in [0.1, 0.15) is 27.7 Å². The van der Waals surface area contributed by atoms with Gasteiger partial charge in [-0.2, -0.15) is 0 Å². The summed E-state index contributed by atoms with van der Waals surface area (Å²) in [5, 5.41) is 11.6. The van der Waals surface area contributed by atoms with Crippen LogP contribution in [0.5, 0.6) is 0 Å². The van der Waals surface area contributed by atoms with Gasteiger partial charge in [-0.3, -0.25) is 4.79 Å². The van der Waals surface area contributed by atoms with E-state index in [9.17, 15) is 4.79 Å². The van der Waals surface area contributed by atoms with Gasteiger partial charge < -0.3 is 9.94 Å². The molecule has 0 bridgehead atoms. The van der Waals surface area contributed by atoms with Crippen molar-refractivity contribution in [3.63, 3.8) is 0 Å². The first-order chi connectivity index (χ1) is 6.04. The van der Waals surface area contributed by atoms with Crippen molar-refractivity contribution < 1.29 is 14.7 Å². The zero-order valence-electron chi connectivity index (χ0n) is 8.57. The van der Waals surface area contributed by atoms with Gasteiger partial charge in [-0.1, -0.05) is 19.0 Å². The molecule has 76 valence electrons. The number of carbonyl (C=O) groups excluding carboxylic acids is 1. The van der Waals surface area contributed by atoms with Gasteiger partial charge in [0.05, 0.1) is 12.3 Å². The molecule has 13 heavy (non-hydrogen) atoms. The highest BCUT2D eigenvalue weighted by atomic mass is 16.5. The number of hydrogen-bond donors (Lipinski definition) is 1. The van der Waals surface area contributed by atoms with Crippen molar-refractivity contribution in [3.8, 4) is 0 Å². The molecule has 1 atom stereocenters. The number of carbonyl (C=O) groups is 1. The normalized spacial score (nSPS) is 14.4. The third kappa shape index (κ3) is 3.44. The lowest BCUT2D eigenvalue weighted by molar-refractivity contribution is -0.146. The van der Waals surface area contributed by atoms with E-state index in [1.54, 1.807) is 13.8 Å². The van der Waals surface area contributed by atoms with Crippen molar-refractivity contribution in [2.75, 3.05) is 6.61 Å². The first-order valence-electron chi connectivity index (χ1n) is 4.39. The summed E-state index contributed by atoms with van der Waals surface area (Å²) in [7, 11) is 0. The van der Waals surface area contributed by atoms with Gasteiger partial charge in [0.25, 0.3) is 0 Å². The van der Waals surface area contributed by atoms with E-state index in [4.69, 9.17) is 9.94 Å². The highest BCUT2D eigenvalue weighted by Gasteiger charge is 2.26. The van der Waals surface area contributed by atoms with Crippen LogP contribution in [0, 0.1) is 11.8 Å². The number of esters is 1. The quantitative estimate of drug-likeness (QED) is 0.315. The predicted octanol–water partition coefficient (Wildman–Crippen LogP) is 1.67. The molecule has 0 spiro atoms. The lowest BCUT2D eigenvalue weighted by Gasteiger charge is -2.17. The molecule has 0 aromatic rings. The first-order valence-corrected chi connectivity index (χ1v) is 4.39. The Morgan fingerprint density at radius 3 is 2.38 bits per heavy atom. The zero-order chi connectivity index (χ0) is 10.4. The average Bonchev–Trinajstić information content (AvgIpc) is 2.04. The fourth-order valence-electron chi connectivity index (χ4n) is 1.22. The predicted molar refractivity (Wildman–Crippen MR) is 49.9 cm³/mol. The Morgan fingerprint density at radius 1 is 1.54 bits per heavy atom. The van der Waals surface area contributed by atoms with Crippen molar-refractivity contribution in [2.45, 2.75) is 27.7 Å². The zero-order valence-corrected chi connectivity index (χ0v) is 8.57. The molecule has 0 aliphatic rings. The Kier molecular flexibility index (Phi) is 5.11. The molecule has 0 radical (unpaired) electrons. The summed E-state index contributed by atoms with van der Waals surface area (Å²) in [6.45, 7) is 7.48. The van der Waals surface area contributed by atoms with Crippen molar-refractivity contribution in [1.82, 2.24) is 0 Å². The van der Waals surface area contributed by atoms with Crippen molar-refractivity contribution in [3.05, 3.63) is 0 Å². The van der Waals surface area contributed by atoms with E-state index < -0.39 is 5.92 Å². The lowest BCUT2D eigenvalue weighted by atomic mass is 9.92. The summed E-state index contributed by atoms with van der Waals surface area (Å²) in [5.41, 5.74) is 0.397. The van der Waals surface area contributed by atoms with Crippen LogP contribution in [0.4, 0.5) is 0 Å². The third-order valence-electron chi connectivity index (χ3n) is 1.82. The largest absolute Gasteiger partial charge is 0.465 e. The number of oxime groups is 1. The Balaban J connectivity index is 4.52. The SMILES string of the molecule is CCOC(=O)C(/C(C)=N/O)C(C)C. The van der Waals surface area contributed by atoms with E-state index in [1.807, 2.05) is 13.8 Å². The van der Waals surface area contributed by atoms with Crippen LogP contribution in [-0.4, -0.2) is 23.5 Å². The molecule has 4 heteroatoms. The summed E-state index contributed by atoms with van der Waals surface area (Å²) >= 11 is 0. The van der Waals surface area contributed by atoms with Crippen LogP contribution in [0.25, 0.3) is 0 Å². The molecule has 1 N–H and O–H groups in total. The van der Waals surface area contributed by atoms with Gasteiger partial charge in [0.15, 0.2) is 0 Å². The number of nitrogens with zero attached hydrogens (tertiary/aromatic N) is 1. The van der Waals surface area contributed by atoms with Gasteiger partial charge in [0.2, 0.25) is 0 Å². The number of hydrogen-bond acceptors (Lipinski definition) is 4. The molecular formula is C9H17NO3. The molecule has 0 aromatic heterocycles. The molecule has 0 amide bonds. The summed E-state index contributed by atoms with van der Waals surface area (Å²) in [5.74, 6) is -0.687. The Bertz CT molecular complexity index is 199. The highest BCUT2D eigenvalue weighted by molar-refractivity contribution is 6.00. The van der Waals surface area contributed by atoms with Gasteiger partial charge in [0, 0.05) is 0 Å². The van der Waals surface area contributed by atoms with E-state index in [0.717, 1.165) is 0 Å². The molecule has 0 aromatic carbocycles. The van der Waals surface area contributed by atoms with Crippen LogP contribution in [-0.2, 0) is 9.53 Å². The summed E-state index contributed by atoms with van der Waals surface area (Å²) in [6.07, 6.45) is 0. The van der Waals surface area contributed by atoms with Gasteiger partial charge in [-0.15, -0.1) is 0 Å². The smallest absolute Gasteiger partial charge is 0.315 e. The Hall–Kier alpha value is -1.06. The highest BCUT2D eigenvalue weighted by Crippen LogP contribution is 2.14. The molecule has 1 unspecified atom stereocenters. The van der Waals surface area contributed by atoms with Crippen LogP contribution >= 0.6 is 0 Å². The molecule has 0 saturated carbocycles. The summed E-state index contributed by atoms with van der Waals surface area (Å²) in [4.78, 5) is 11.4. The minimum Gasteiger partial charge on any atom is -0.465 e. The fourth-order valence-corrected chi connectivity index (χ4v) is 1.22. The third-order valence-corrected chi connectivity index (χ3v) is 1.82. The second-order valence-corrected chi connectivity index (χ2v) is 3.22. The van der Waals surface area contributed by atoms with E-state index in [0.29, 0.717) is 12.3 Å². The molecule has 0 saturated heterocycles. The number of ether oxygens (including phenoxy) is 1. The van der Waals surface area contributed by atoms with Crippen LogP contribution in [0.2, 0.25) is 0 Å². The van der Waals surface area contributed by atoms with Crippen LogP contribution < -0.4 is 0 Å². The standard InChI is InChI=1S/C9H17NO3/c1-5-13-9(11)8(6(2)3)7(4)10-12/h6,8,12H,5H2,1-4H3/b10-7+. The summed E-state index contributed by atoms with van der Waals surface area (Å²) in [6, 6.07) is 0. The van der Waals surface area contributed by atoms with E-state index in [-0.39, 0.29) is 11.9 Å². The lowest BCUT2D eigenvalue weighted by Crippen LogP contribution is -2.29. The molecule has 0 rings (SSSR count). The Morgan fingerprint density at radius 2 is 2.08 bits per heavy atom. The van der Waals surface area contributed by atoms with Gasteiger partial charge in [-0.25, -0.2) is 0 Å². The maximum Gasteiger partial charge on any atom is 0.315 e. The second kappa shape index (κ2) is 5.56. The van der Waals surface area contributed by atoms with Crippen LogP contribution in [0.15, 0.2) is 5.16 Å². The van der Waals surface area contributed by atoms with Crippen LogP contribution in [0.3, 0.4) is 0 Å². The van der Waals surface area contributed by atoms with E-state index >= 15 is 0 Å². The molecule has 0 aliphatic heterocycles. The molecule has 0 heterocycles. The maximum absolute atomic E-state index is 11.4. The minimum atomic E-state index is -0.440. The molecular weight excluding hydrogens is 170 g/mol. The van der Waals surface area contributed by atoms with Crippen molar-refractivity contribution in [2.24, 2.45) is 17.0 Å². The maximum atomic E-state index is 11.4. The molecule has 0 fully saturated rings. The van der Waals surface area contributed by atoms with Gasteiger partial charge in [0.1, 0.15) is 5.92 Å². The molecule has 0 aliphatic carbocycles. The average molecular weight is 187 g/mol. The van der Waals surface area contributed by atoms with E-state index in [2.05, 4.69) is 5.16 Å². The monoisotopic (exact) mass is 187 g/mol. The van der Waals surface area contributed by atoms with Gasteiger partial charge >= 0.3 is 5.97 Å². The number of rotatable bonds is 4. The fraction of sp³-hybridized carbons (Fsp3) is 0.778. The summed E-state index contributed by atoms with van der Waals surface area (Å²) < 4.78 is 4.86. The van der Waals surface area contributed by atoms with Crippen molar-refractivity contribution >= 4 is 11.7 Å². The van der Waals surface area contributed by atoms with E-state index in [1.165, 1.54) is 0 Å². The van der Waals surface area contributed by atoms with Crippen molar-refractivity contribution in [1.29, 1.82) is 0 Å².